The van der Waals surface area contributed by atoms with Crippen LogP contribution in [0.4, 0.5) is 13.2 Å². The van der Waals surface area contributed by atoms with Crippen LogP contribution < -0.4 is 10.5 Å². The molecule has 4 rings (SSSR count). The number of carbonyl (C=O) groups is 1. The molecule has 0 spiro atoms. The Morgan fingerprint density at radius 3 is 2.59 bits per heavy atom. The van der Waals surface area contributed by atoms with Crippen molar-refractivity contribution in [1.29, 1.82) is 0 Å². The second-order valence-electron chi connectivity index (χ2n) is 9.64. The third-order valence-electron chi connectivity index (χ3n) is 6.36. The summed E-state index contributed by atoms with van der Waals surface area (Å²) in [7, 11) is 0. The number of Topliss-reactive ketones (excluding diaryl/α,β-unsaturated/α-hetero) is 1. The van der Waals surface area contributed by atoms with Gasteiger partial charge in [-0.05, 0) is 63.3 Å². The predicted molar refractivity (Wildman–Crippen MR) is 124 cm³/mol. The molecule has 2 N–H and O–H groups in total. The number of nitrogens with two attached hydrogens (primary N) is 1. The smallest absolute Gasteiger partial charge is 0.215 e. The Kier molecular flexibility index (Phi) is 6.71. The minimum absolute atomic E-state index is 0.0246. The minimum atomic E-state index is -1.28. The van der Waals surface area contributed by atoms with Crippen molar-refractivity contribution >= 4 is 11.3 Å². The van der Waals surface area contributed by atoms with Gasteiger partial charge in [-0.2, -0.15) is 5.10 Å². The van der Waals surface area contributed by atoms with E-state index >= 15 is 0 Å². The zero-order valence-electron chi connectivity index (χ0n) is 19.8. The Bertz CT molecular complexity index is 1230. The molecule has 5 nitrogen and oxygen atoms in total. The van der Waals surface area contributed by atoms with Gasteiger partial charge in [-0.1, -0.05) is 13.3 Å². The average molecular weight is 474 g/mol. The van der Waals surface area contributed by atoms with Crippen molar-refractivity contribution < 1.29 is 22.7 Å². The van der Waals surface area contributed by atoms with Gasteiger partial charge in [0.25, 0.3) is 0 Å². The fourth-order valence-corrected chi connectivity index (χ4v) is 4.36. The van der Waals surface area contributed by atoms with Crippen LogP contribution >= 0.6 is 0 Å². The van der Waals surface area contributed by atoms with Crippen molar-refractivity contribution in [2.75, 3.05) is 0 Å². The highest BCUT2D eigenvalue weighted by Crippen LogP contribution is 2.43. The van der Waals surface area contributed by atoms with Crippen molar-refractivity contribution in [3.05, 3.63) is 64.1 Å². The number of pyridine rings is 1. The molecule has 1 aromatic carbocycles. The topological polar surface area (TPSA) is 69.6 Å². The summed E-state index contributed by atoms with van der Waals surface area (Å²) < 4.78 is 49.0. The molecule has 1 atom stereocenters. The Morgan fingerprint density at radius 2 is 1.91 bits per heavy atom. The van der Waals surface area contributed by atoms with E-state index in [0.717, 1.165) is 49.1 Å². The molecular formula is C26H30F3N3O2. The summed E-state index contributed by atoms with van der Waals surface area (Å²) in [5.74, 6) is -2.92. The molecule has 0 radical (unpaired) electrons. The van der Waals surface area contributed by atoms with Gasteiger partial charge in [-0.15, -0.1) is 0 Å². The van der Waals surface area contributed by atoms with Gasteiger partial charge in [0.15, 0.2) is 17.4 Å². The average Bonchev–Trinajstić information content (AvgIpc) is 3.55. The Hall–Kier alpha value is -2.87. The van der Waals surface area contributed by atoms with Crippen LogP contribution in [0.15, 0.2) is 24.3 Å². The molecule has 0 aliphatic heterocycles. The monoisotopic (exact) mass is 473 g/mol. The lowest BCUT2D eigenvalue weighted by Gasteiger charge is -2.23. The van der Waals surface area contributed by atoms with Crippen molar-refractivity contribution in [2.45, 2.75) is 77.4 Å². The lowest BCUT2D eigenvalue weighted by molar-refractivity contribution is 0.0971. The highest BCUT2D eigenvalue weighted by molar-refractivity contribution is 6.04. The molecule has 0 saturated heterocycles. The van der Waals surface area contributed by atoms with E-state index in [1.807, 2.05) is 19.9 Å². The number of ether oxygens (including phenoxy) is 1. The SMILES string of the molecule is CCCC(C)(N)CCC(=O)c1c(C2CC2)nn2c(OCc3c(F)ccc(F)c3F)cc(C)cc12. The number of aromatic nitrogens is 2. The number of halogens is 3. The van der Waals surface area contributed by atoms with Gasteiger partial charge >= 0.3 is 0 Å². The molecule has 1 saturated carbocycles. The van der Waals surface area contributed by atoms with E-state index in [-0.39, 0.29) is 17.6 Å². The summed E-state index contributed by atoms with van der Waals surface area (Å²) in [6.07, 6.45) is 4.53. The van der Waals surface area contributed by atoms with E-state index in [1.165, 1.54) is 4.52 Å². The fourth-order valence-electron chi connectivity index (χ4n) is 4.36. The summed E-state index contributed by atoms with van der Waals surface area (Å²) >= 11 is 0. The Morgan fingerprint density at radius 1 is 1.21 bits per heavy atom. The molecule has 34 heavy (non-hydrogen) atoms. The zero-order chi connectivity index (χ0) is 24.6. The summed E-state index contributed by atoms with van der Waals surface area (Å²) in [5.41, 5.74) is 8.10. The van der Waals surface area contributed by atoms with Crippen LogP contribution in [0.25, 0.3) is 5.52 Å². The first-order valence-electron chi connectivity index (χ1n) is 11.7. The highest BCUT2D eigenvalue weighted by Gasteiger charge is 2.34. The highest BCUT2D eigenvalue weighted by atomic mass is 19.2. The molecule has 0 bridgehead atoms. The molecule has 8 heteroatoms. The maximum absolute atomic E-state index is 14.1. The maximum Gasteiger partial charge on any atom is 0.215 e. The molecule has 0 amide bonds. The van der Waals surface area contributed by atoms with Gasteiger partial charge in [0.1, 0.15) is 12.4 Å². The standard InChI is InChI=1S/C26H30F3N3O2/c1-4-10-26(3,30)11-9-21(33)23-20-12-15(2)13-22(32(20)31-25(23)16-5-6-16)34-14-17-18(27)7-8-19(28)24(17)29/h7-8,12-13,16H,4-6,9-11,14,30H2,1-3H3. The predicted octanol–water partition coefficient (Wildman–Crippen LogP) is 6.00. The first-order valence-corrected chi connectivity index (χ1v) is 11.7. The molecule has 1 aliphatic carbocycles. The Labute approximate surface area is 197 Å². The van der Waals surface area contributed by atoms with E-state index < -0.39 is 35.2 Å². The van der Waals surface area contributed by atoms with Gasteiger partial charge in [-0.25, -0.2) is 17.7 Å². The van der Waals surface area contributed by atoms with E-state index in [1.54, 1.807) is 6.07 Å². The number of rotatable bonds is 10. The number of hydrogen-bond donors (Lipinski definition) is 1. The van der Waals surface area contributed by atoms with Crippen molar-refractivity contribution in [1.82, 2.24) is 9.61 Å². The van der Waals surface area contributed by atoms with Crippen LogP contribution in [-0.2, 0) is 6.61 Å². The number of aryl methyl sites for hydroxylation is 1. The van der Waals surface area contributed by atoms with Crippen molar-refractivity contribution in [3.8, 4) is 5.88 Å². The van der Waals surface area contributed by atoms with Crippen LogP contribution in [0.5, 0.6) is 5.88 Å². The van der Waals surface area contributed by atoms with Gasteiger partial charge in [0, 0.05) is 23.9 Å². The molecule has 2 heterocycles. The number of fused-ring (bicyclic) bond motifs is 1. The van der Waals surface area contributed by atoms with Gasteiger partial charge < -0.3 is 10.5 Å². The second-order valence-corrected chi connectivity index (χ2v) is 9.64. The molecule has 182 valence electrons. The van der Waals surface area contributed by atoms with Crippen LogP contribution in [0.2, 0.25) is 0 Å². The van der Waals surface area contributed by atoms with Gasteiger partial charge in [0.05, 0.1) is 22.3 Å². The largest absolute Gasteiger partial charge is 0.473 e. The molecule has 3 aromatic rings. The maximum atomic E-state index is 14.1. The molecule has 1 aliphatic rings. The van der Waals surface area contributed by atoms with E-state index in [4.69, 9.17) is 10.5 Å². The summed E-state index contributed by atoms with van der Waals surface area (Å²) in [4.78, 5) is 13.4. The van der Waals surface area contributed by atoms with Crippen LogP contribution in [0.3, 0.4) is 0 Å². The lowest BCUT2D eigenvalue weighted by atomic mass is 9.89. The zero-order valence-corrected chi connectivity index (χ0v) is 19.8. The number of nitrogens with zero attached hydrogens (tertiary/aromatic N) is 2. The summed E-state index contributed by atoms with van der Waals surface area (Å²) in [5, 5.41) is 4.67. The van der Waals surface area contributed by atoms with Crippen LogP contribution in [0, 0.1) is 24.4 Å². The number of carbonyl (C=O) groups excluding carboxylic acids is 1. The van der Waals surface area contributed by atoms with E-state index in [0.29, 0.717) is 23.9 Å². The second kappa shape index (κ2) is 9.41. The van der Waals surface area contributed by atoms with Crippen LogP contribution in [0.1, 0.15) is 85.5 Å². The van der Waals surface area contributed by atoms with Crippen molar-refractivity contribution in [2.24, 2.45) is 5.73 Å². The fraction of sp³-hybridized carbons (Fsp3) is 0.462. The lowest BCUT2D eigenvalue weighted by Crippen LogP contribution is -2.36. The van der Waals surface area contributed by atoms with E-state index in [9.17, 15) is 18.0 Å². The number of ketones is 1. The normalized spacial score (nSPS) is 15.5. The number of benzene rings is 1. The Balaban J connectivity index is 1.68. The molecule has 1 unspecified atom stereocenters. The first-order chi connectivity index (χ1) is 16.1. The first kappa shape index (κ1) is 24.3. The van der Waals surface area contributed by atoms with Gasteiger partial charge in [0.2, 0.25) is 5.88 Å². The number of hydrogen-bond acceptors (Lipinski definition) is 4. The molecule has 2 aromatic heterocycles. The van der Waals surface area contributed by atoms with E-state index in [2.05, 4.69) is 12.0 Å². The quantitative estimate of drug-likeness (QED) is 0.290. The van der Waals surface area contributed by atoms with Crippen LogP contribution in [-0.4, -0.2) is 20.9 Å². The summed E-state index contributed by atoms with van der Waals surface area (Å²) in [6, 6.07) is 5.13. The summed E-state index contributed by atoms with van der Waals surface area (Å²) in [6.45, 7) is 5.35. The minimum Gasteiger partial charge on any atom is -0.473 e. The molecule has 1 fully saturated rings. The third-order valence-corrected chi connectivity index (χ3v) is 6.36. The van der Waals surface area contributed by atoms with Crippen molar-refractivity contribution in [3.63, 3.8) is 0 Å². The molecular weight excluding hydrogens is 443 g/mol. The van der Waals surface area contributed by atoms with Gasteiger partial charge in [-0.3, -0.25) is 4.79 Å². The third kappa shape index (κ3) is 4.97.